The van der Waals surface area contributed by atoms with Crippen LogP contribution < -0.4 is 15.4 Å². The van der Waals surface area contributed by atoms with Gasteiger partial charge in [0.05, 0.1) is 6.61 Å². The van der Waals surface area contributed by atoms with Crippen LogP contribution >= 0.6 is 0 Å². The number of hydrogen-bond acceptors (Lipinski definition) is 5. The summed E-state index contributed by atoms with van der Waals surface area (Å²) in [7, 11) is 0. The number of ketones is 1. The van der Waals surface area contributed by atoms with E-state index in [-0.39, 0.29) is 24.4 Å². The van der Waals surface area contributed by atoms with Crippen molar-refractivity contribution in [3.8, 4) is 5.75 Å². The molecule has 3 N–H and O–H groups in total. The van der Waals surface area contributed by atoms with Crippen molar-refractivity contribution in [3.05, 3.63) is 18.0 Å². The maximum atomic E-state index is 11.9. The minimum Gasteiger partial charge on any atom is -0.492 e. The number of piperidine rings is 1. The van der Waals surface area contributed by atoms with Crippen molar-refractivity contribution < 1.29 is 19.4 Å². The van der Waals surface area contributed by atoms with E-state index in [9.17, 15) is 9.59 Å². The molecule has 0 aromatic carbocycles. The molecule has 114 valence electrons. The van der Waals surface area contributed by atoms with Crippen LogP contribution in [0.4, 0.5) is 0 Å². The zero-order chi connectivity index (χ0) is 14.8. The Morgan fingerprint density at radius 2 is 2.33 bits per heavy atom. The fraction of sp³-hybridized carbons (Fsp3) is 0.571. The minimum absolute atomic E-state index is 0.0635. The lowest BCUT2D eigenvalue weighted by molar-refractivity contribution is -0.137. The lowest BCUT2D eigenvalue weighted by atomic mass is 10.0. The average molecular weight is 293 g/mol. The second-order valence-corrected chi connectivity index (χ2v) is 5.39. The molecule has 0 saturated carbocycles. The van der Waals surface area contributed by atoms with Gasteiger partial charge in [0.2, 0.25) is 0 Å². The Morgan fingerprint density at radius 3 is 3.14 bits per heavy atom. The van der Waals surface area contributed by atoms with Crippen LogP contribution in [-0.2, 0) is 16.1 Å². The molecule has 1 saturated heterocycles. The summed E-state index contributed by atoms with van der Waals surface area (Å²) < 4.78 is 7.64. The van der Waals surface area contributed by atoms with Crippen LogP contribution in [0.15, 0.2) is 12.3 Å². The highest BCUT2D eigenvalue weighted by molar-refractivity contribution is 5.85. The third-order valence-corrected chi connectivity index (χ3v) is 3.90. The SMILES string of the molecule is O=C(O)CCCOc1cc2n(c1)C1NCCC(=O)C1NC2. The molecule has 0 aliphatic carbocycles. The number of aromatic nitrogens is 1. The van der Waals surface area contributed by atoms with E-state index in [0.29, 0.717) is 32.5 Å². The van der Waals surface area contributed by atoms with Crippen molar-refractivity contribution in [1.29, 1.82) is 0 Å². The first-order valence-electron chi connectivity index (χ1n) is 7.20. The van der Waals surface area contributed by atoms with Gasteiger partial charge in [0.15, 0.2) is 5.78 Å². The van der Waals surface area contributed by atoms with Crippen molar-refractivity contribution in [2.45, 2.75) is 38.0 Å². The van der Waals surface area contributed by atoms with Crippen LogP contribution in [0.5, 0.6) is 5.75 Å². The van der Waals surface area contributed by atoms with Crippen LogP contribution in [0.2, 0.25) is 0 Å². The molecule has 1 aromatic heterocycles. The largest absolute Gasteiger partial charge is 0.492 e. The minimum atomic E-state index is -0.813. The first-order valence-corrected chi connectivity index (χ1v) is 7.20. The summed E-state index contributed by atoms with van der Waals surface area (Å²) in [5.41, 5.74) is 1.06. The molecule has 21 heavy (non-hydrogen) atoms. The molecule has 0 bridgehead atoms. The Bertz CT molecular complexity index is 554. The monoisotopic (exact) mass is 293 g/mol. The van der Waals surface area contributed by atoms with Gasteiger partial charge < -0.3 is 14.4 Å². The Balaban J connectivity index is 1.65. The van der Waals surface area contributed by atoms with Crippen molar-refractivity contribution in [2.24, 2.45) is 0 Å². The van der Waals surface area contributed by atoms with E-state index in [4.69, 9.17) is 9.84 Å². The van der Waals surface area contributed by atoms with Crippen LogP contribution in [0.25, 0.3) is 0 Å². The molecule has 3 heterocycles. The summed E-state index contributed by atoms with van der Waals surface area (Å²) in [6.07, 6.45) is 2.97. The summed E-state index contributed by atoms with van der Waals surface area (Å²) in [6.45, 7) is 1.70. The number of nitrogens with one attached hydrogen (secondary N) is 2. The van der Waals surface area contributed by atoms with E-state index >= 15 is 0 Å². The number of carbonyl (C=O) groups excluding carboxylic acids is 1. The van der Waals surface area contributed by atoms with Gasteiger partial charge in [-0.15, -0.1) is 0 Å². The number of carboxylic acid groups (broad SMARTS) is 1. The number of rotatable bonds is 5. The molecule has 7 nitrogen and oxygen atoms in total. The molecule has 2 unspecified atom stereocenters. The standard InChI is InChI=1S/C14H19N3O4/c18-11-3-4-15-14-13(11)16-7-9-6-10(8-17(9)14)21-5-1-2-12(19)20/h6,8,13-16H,1-5,7H2,(H,19,20). The highest BCUT2D eigenvalue weighted by Gasteiger charge is 2.36. The van der Waals surface area contributed by atoms with Crippen LogP contribution in [0.1, 0.15) is 31.1 Å². The molecule has 2 aliphatic rings. The molecule has 0 radical (unpaired) electrons. The molecule has 0 amide bonds. The lowest BCUT2D eigenvalue weighted by Crippen LogP contribution is -2.56. The first kappa shape index (κ1) is 14.1. The molecule has 7 heteroatoms. The number of hydrogen-bond donors (Lipinski definition) is 3. The molecule has 0 spiro atoms. The summed E-state index contributed by atoms with van der Waals surface area (Å²) >= 11 is 0. The Labute approximate surface area is 122 Å². The Morgan fingerprint density at radius 1 is 1.48 bits per heavy atom. The molecule has 1 aromatic rings. The van der Waals surface area contributed by atoms with Crippen molar-refractivity contribution >= 4 is 11.8 Å². The molecule has 1 fully saturated rings. The van der Waals surface area contributed by atoms with E-state index in [1.165, 1.54) is 0 Å². The van der Waals surface area contributed by atoms with Gasteiger partial charge in [-0.2, -0.15) is 0 Å². The number of carbonyl (C=O) groups is 2. The summed E-state index contributed by atoms with van der Waals surface area (Å²) in [6, 6.07) is 1.75. The van der Waals surface area contributed by atoms with Gasteiger partial charge in [0.25, 0.3) is 0 Å². The normalized spacial score (nSPS) is 24.3. The van der Waals surface area contributed by atoms with Crippen molar-refractivity contribution in [2.75, 3.05) is 13.2 Å². The first-order chi connectivity index (χ1) is 10.1. The van der Waals surface area contributed by atoms with Gasteiger partial charge >= 0.3 is 5.97 Å². The third-order valence-electron chi connectivity index (χ3n) is 3.90. The zero-order valence-corrected chi connectivity index (χ0v) is 11.7. The highest BCUT2D eigenvalue weighted by atomic mass is 16.5. The molecule has 3 rings (SSSR count). The van der Waals surface area contributed by atoms with E-state index in [1.54, 1.807) is 0 Å². The highest BCUT2D eigenvalue weighted by Crippen LogP contribution is 2.27. The van der Waals surface area contributed by atoms with Gasteiger partial charge in [-0.3, -0.25) is 20.2 Å². The van der Waals surface area contributed by atoms with E-state index in [1.807, 2.05) is 16.8 Å². The van der Waals surface area contributed by atoms with Gasteiger partial charge in [0.1, 0.15) is 18.0 Å². The number of nitrogens with zero attached hydrogens (tertiary/aromatic N) is 1. The van der Waals surface area contributed by atoms with E-state index in [2.05, 4.69) is 10.6 Å². The summed E-state index contributed by atoms with van der Waals surface area (Å²) in [5.74, 6) is 0.145. The van der Waals surface area contributed by atoms with Crippen LogP contribution in [0, 0.1) is 0 Å². The van der Waals surface area contributed by atoms with Gasteiger partial charge in [-0.1, -0.05) is 0 Å². The maximum absolute atomic E-state index is 11.9. The number of carboxylic acids is 1. The topological polar surface area (TPSA) is 92.6 Å². The van der Waals surface area contributed by atoms with Crippen molar-refractivity contribution in [1.82, 2.24) is 15.2 Å². The van der Waals surface area contributed by atoms with Gasteiger partial charge in [0, 0.05) is 43.9 Å². The second kappa shape index (κ2) is 5.87. The number of fused-ring (bicyclic) bond motifs is 3. The molecule has 2 aliphatic heterocycles. The molecular formula is C14H19N3O4. The van der Waals surface area contributed by atoms with Crippen LogP contribution in [0.3, 0.4) is 0 Å². The lowest BCUT2D eigenvalue weighted by Gasteiger charge is -2.37. The smallest absolute Gasteiger partial charge is 0.303 e. The number of ether oxygens (including phenoxy) is 1. The predicted molar refractivity (Wildman–Crippen MR) is 74.1 cm³/mol. The van der Waals surface area contributed by atoms with Gasteiger partial charge in [-0.05, 0) is 6.42 Å². The Kier molecular flexibility index (Phi) is 3.94. The number of Topliss-reactive ketones (excluding diaryl/α,β-unsaturated/α-hetero) is 1. The van der Waals surface area contributed by atoms with Gasteiger partial charge in [-0.25, -0.2) is 0 Å². The fourth-order valence-corrected chi connectivity index (χ4v) is 2.88. The summed E-state index contributed by atoms with van der Waals surface area (Å²) in [5, 5.41) is 15.2. The molecule has 2 atom stereocenters. The average Bonchev–Trinajstić information content (AvgIpc) is 2.87. The second-order valence-electron chi connectivity index (χ2n) is 5.39. The fourth-order valence-electron chi connectivity index (χ4n) is 2.88. The maximum Gasteiger partial charge on any atom is 0.303 e. The van der Waals surface area contributed by atoms with E-state index < -0.39 is 5.97 Å². The predicted octanol–water partition coefficient (Wildman–Crippen LogP) is 0.265. The quantitative estimate of drug-likeness (QED) is 0.675. The number of aliphatic carboxylic acids is 1. The summed E-state index contributed by atoms with van der Waals surface area (Å²) in [4.78, 5) is 22.4. The van der Waals surface area contributed by atoms with Crippen molar-refractivity contribution in [3.63, 3.8) is 0 Å². The van der Waals surface area contributed by atoms with Crippen LogP contribution in [-0.4, -0.2) is 40.6 Å². The zero-order valence-electron chi connectivity index (χ0n) is 11.7. The Hall–Kier alpha value is -1.86. The third kappa shape index (κ3) is 2.93. The van der Waals surface area contributed by atoms with E-state index in [0.717, 1.165) is 11.4 Å². The molecular weight excluding hydrogens is 274 g/mol.